The number of nitrogens with zero attached hydrogens (tertiary/aromatic N) is 2. The van der Waals surface area contributed by atoms with Gasteiger partial charge in [0.15, 0.2) is 0 Å². The van der Waals surface area contributed by atoms with Gasteiger partial charge in [-0.1, -0.05) is 48.9 Å². The molecule has 1 fully saturated rings. The van der Waals surface area contributed by atoms with Gasteiger partial charge in [-0.15, -0.1) is 11.3 Å². The Hall–Kier alpha value is -3.70. The Labute approximate surface area is 201 Å². The van der Waals surface area contributed by atoms with Gasteiger partial charge in [0.05, 0.1) is 5.56 Å². The minimum absolute atomic E-state index is 0.418. The second kappa shape index (κ2) is 8.58. The van der Waals surface area contributed by atoms with E-state index in [9.17, 15) is 19.6 Å². The number of benzene rings is 2. The van der Waals surface area contributed by atoms with Crippen LogP contribution < -0.4 is 10.6 Å². The molecule has 3 aromatic rings. The molecule has 0 unspecified atom stereocenters. The van der Waals surface area contributed by atoms with Crippen molar-refractivity contribution in [3.63, 3.8) is 0 Å². The smallest absolute Gasteiger partial charge is 0.319 e. The molecule has 1 atom stereocenters. The number of rotatable bonds is 4. The lowest BCUT2D eigenvalue weighted by Crippen LogP contribution is -2.42. The molecule has 1 saturated heterocycles. The van der Waals surface area contributed by atoms with Crippen LogP contribution in [0, 0.1) is 11.3 Å². The minimum atomic E-state index is -1.28. The zero-order chi connectivity index (χ0) is 23.9. The van der Waals surface area contributed by atoms with Crippen LogP contribution in [0.5, 0.6) is 0 Å². The number of imide groups is 1. The van der Waals surface area contributed by atoms with Crippen LogP contribution in [-0.2, 0) is 28.0 Å². The van der Waals surface area contributed by atoms with E-state index in [-0.39, 0.29) is 0 Å². The first-order valence-corrected chi connectivity index (χ1v) is 12.2. The van der Waals surface area contributed by atoms with E-state index in [0.717, 1.165) is 58.2 Å². The number of hydrogen-bond acceptors (Lipinski definition) is 5. The molecule has 2 aliphatic rings. The van der Waals surface area contributed by atoms with Crippen molar-refractivity contribution in [2.24, 2.45) is 0 Å². The average molecular weight is 473 g/mol. The lowest BCUT2D eigenvalue weighted by Gasteiger charge is -2.24. The Morgan fingerprint density at radius 1 is 1.15 bits per heavy atom. The summed E-state index contributed by atoms with van der Waals surface area (Å²) in [4.78, 5) is 41.2. The zero-order valence-corrected chi connectivity index (χ0v) is 19.6. The standard InChI is InChI=1S/C26H24N4O3S/c1-26(20-12-7-9-16-8-5-6-10-17(16)20)24(32)30(25(33)29-26)15-22(31)28-23-19(14-27)18-11-3-2-4-13-21(18)34-23/h5-10,12H,2-4,11,13,15H2,1H3,(H,28,31)(H,29,33)/t26-/m1/s1. The van der Waals surface area contributed by atoms with E-state index < -0.39 is 29.9 Å². The number of nitrogens with one attached hydrogen (secondary N) is 2. The number of amides is 4. The normalized spacial score (nSPS) is 19.9. The van der Waals surface area contributed by atoms with E-state index in [1.807, 2.05) is 42.5 Å². The van der Waals surface area contributed by atoms with Gasteiger partial charge in [0.25, 0.3) is 5.91 Å². The van der Waals surface area contributed by atoms with E-state index in [4.69, 9.17) is 0 Å². The topological polar surface area (TPSA) is 102 Å². The van der Waals surface area contributed by atoms with Gasteiger partial charge >= 0.3 is 6.03 Å². The molecular weight excluding hydrogens is 448 g/mol. The maximum Gasteiger partial charge on any atom is 0.325 e. The van der Waals surface area contributed by atoms with Crippen molar-refractivity contribution in [2.45, 2.75) is 44.6 Å². The lowest BCUT2D eigenvalue weighted by atomic mass is 9.88. The predicted octanol–water partition coefficient (Wildman–Crippen LogP) is 4.45. The molecule has 0 spiro atoms. The number of thiophene rings is 1. The second-order valence-electron chi connectivity index (χ2n) is 8.90. The molecule has 0 saturated carbocycles. The van der Waals surface area contributed by atoms with Crippen LogP contribution in [0.3, 0.4) is 0 Å². The van der Waals surface area contributed by atoms with E-state index in [2.05, 4.69) is 16.7 Å². The van der Waals surface area contributed by atoms with Crippen molar-refractivity contribution in [3.05, 3.63) is 64.0 Å². The number of fused-ring (bicyclic) bond motifs is 2. The third kappa shape index (κ3) is 3.62. The summed E-state index contributed by atoms with van der Waals surface area (Å²) in [6.45, 7) is 1.25. The van der Waals surface area contributed by atoms with Crippen molar-refractivity contribution < 1.29 is 14.4 Å². The SMILES string of the molecule is C[C@]1(c2cccc3ccccc23)NC(=O)N(CC(=O)Nc2sc3c(c2C#N)CCCCC3)C1=O. The highest BCUT2D eigenvalue weighted by molar-refractivity contribution is 7.16. The maximum absolute atomic E-state index is 13.4. The molecule has 2 heterocycles. The highest BCUT2D eigenvalue weighted by Gasteiger charge is 2.50. The fourth-order valence-corrected chi connectivity index (χ4v) is 6.20. The molecule has 2 N–H and O–H groups in total. The van der Waals surface area contributed by atoms with Crippen LogP contribution in [0.15, 0.2) is 42.5 Å². The largest absolute Gasteiger partial charge is 0.325 e. The fraction of sp³-hybridized carbons (Fsp3) is 0.308. The minimum Gasteiger partial charge on any atom is -0.319 e. The Kier molecular flexibility index (Phi) is 5.58. The molecule has 2 aromatic carbocycles. The van der Waals surface area contributed by atoms with Crippen LogP contribution in [0.1, 0.15) is 47.8 Å². The van der Waals surface area contributed by atoms with Gasteiger partial charge in [-0.25, -0.2) is 4.79 Å². The molecule has 5 rings (SSSR count). The molecular formula is C26H24N4O3S. The lowest BCUT2D eigenvalue weighted by molar-refractivity contribution is -0.133. The molecule has 7 nitrogen and oxygen atoms in total. The Morgan fingerprint density at radius 3 is 2.74 bits per heavy atom. The predicted molar refractivity (Wildman–Crippen MR) is 130 cm³/mol. The molecule has 4 amide bonds. The van der Waals surface area contributed by atoms with Crippen molar-refractivity contribution in [2.75, 3.05) is 11.9 Å². The summed E-state index contributed by atoms with van der Waals surface area (Å²) in [6.07, 6.45) is 4.97. The van der Waals surface area contributed by atoms with Crippen LogP contribution in [0.25, 0.3) is 10.8 Å². The first-order chi connectivity index (χ1) is 16.4. The van der Waals surface area contributed by atoms with Gasteiger partial charge in [0.2, 0.25) is 5.91 Å². The van der Waals surface area contributed by atoms with Crippen LogP contribution in [0.4, 0.5) is 9.80 Å². The van der Waals surface area contributed by atoms with E-state index in [0.29, 0.717) is 16.1 Å². The fourth-order valence-electron chi connectivity index (χ4n) is 4.94. The summed E-state index contributed by atoms with van der Waals surface area (Å²) in [5.41, 5.74) is 0.934. The van der Waals surface area contributed by atoms with Crippen molar-refractivity contribution in [1.29, 1.82) is 5.26 Å². The quantitative estimate of drug-likeness (QED) is 0.433. The summed E-state index contributed by atoms with van der Waals surface area (Å²) in [6, 6.07) is 14.9. The van der Waals surface area contributed by atoms with Crippen molar-refractivity contribution >= 4 is 45.0 Å². The Balaban J connectivity index is 1.38. The van der Waals surface area contributed by atoms with Crippen LogP contribution in [-0.4, -0.2) is 29.3 Å². The molecule has 0 radical (unpaired) electrons. The summed E-state index contributed by atoms with van der Waals surface area (Å²) in [5, 5.41) is 17.6. The van der Waals surface area contributed by atoms with Crippen molar-refractivity contribution in [1.82, 2.24) is 10.2 Å². The van der Waals surface area contributed by atoms with Gasteiger partial charge in [0, 0.05) is 4.88 Å². The number of anilines is 1. The van der Waals surface area contributed by atoms with Crippen LogP contribution in [0.2, 0.25) is 0 Å². The second-order valence-corrected chi connectivity index (χ2v) is 10.0. The third-order valence-electron chi connectivity index (χ3n) is 6.69. The molecule has 0 bridgehead atoms. The summed E-state index contributed by atoms with van der Waals surface area (Å²) in [7, 11) is 0. The van der Waals surface area contributed by atoms with Crippen molar-refractivity contribution in [3.8, 4) is 6.07 Å². The van der Waals surface area contributed by atoms with Crippen LogP contribution >= 0.6 is 11.3 Å². The first-order valence-electron chi connectivity index (χ1n) is 11.4. The maximum atomic E-state index is 13.4. The van der Waals surface area contributed by atoms with Gasteiger partial charge in [-0.2, -0.15) is 5.26 Å². The third-order valence-corrected chi connectivity index (χ3v) is 7.90. The number of hydrogen-bond donors (Lipinski definition) is 2. The molecule has 1 aliphatic heterocycles. The first kappa shape index (κ1) is 22.1. The molecule has 172 valence electrons. The van der Waals surface area contributed by atoms with E-state index >= 15 is 0 Å². The van der Waals surface area contributed by atoms with Gasteiger partial charge < -0.3 is 10.6 Å². The van der Waals surface area contributed by atoms with Gasteiger partial charge in [-0.05, 0) is 54.5 Å². The monoisotopic (exact) mass is 472 g/mol. The molecule has 1 aromatic heterocycles. The Bertz CT molecular complexity index is 1370. The number of carbonyl (C=O) groups excluding carboxylic acids is 3. The number of urea groups is 1. The van der Waals surface area contributed by atoms with E-state index in [1.54, 1.807) is 6.92 Å². The van der Waals surface area contributed by atoms with Gasteiger partial charge in [-0.3, -0.25) is 14.5 Å². The highest BCUT2D eigenvalue weighted by atomic mass is 32.1. The zero-order valence-electron chi connectivity index (χ0n) is 18.8. The molecule has 1 aliphatic carbocycles. The average Bonchev–Trinajstić information content (AvgIpc) is 3.13. The number of nitriles is 1. The number of carbonyl (C=O) groups is 3. The van der Waals surface area contributed by atoms with Gasteiger partial charge in [0.1, 0.15) is 23.2 Å². The summed E-state index contributed by atoms with van der Waals surface area (Å²) in [5.74, 6) is -0.981. The Morgan fingerprint density at radius 2 is 1.91 bits per heavy atom. The summed E-state index contributed by atoms with van der Waals surface area (Å²) >= 11 is 1.43. The highest BCUT2D eigenvalue weighted by Crippen LogP contribution is 2.37. The van der Waals surface area contributed by atoms with E-state index in [1.165, 1.54) is 11.3 Å². The number of aryl methyl sites for hydroxylation is 1. The molecule has 34 heavy (non-hydrogen) atoms. The summed E-state index contributed by atoms with van der Waals surface area (Å²) < 4.78 is 0. The molecule has 8 heteroatoms.